The molecule has 0 heterocycles. The molecule has 0 amide bonds. The number of allylic oxidation sites excluding steroid dienone is 4. The number of phenolic OH excluding ortho intramolecular Hbond substituents is 1. The fraction of sp³-hybridized carbons (Fsp3) is 0.0526. The van der Waals surface area contributed by atoms with Gasteiger partial charge in [0.2, 0.25) is 0 Å². The topological polar surface area (TPSA) is 20.2 Å². The van der Waals surface area contributed by atoms with Gasteiger partial charge in [0, 0.05) is 5.56 Å². The van der Waals surface area contributed by atoms with Crippen LogP contribution in [-0.4, -0.2) is 5.11 Å². The Kier molecular flexibility index (Phi) is 4.56. The fourth-order valence-electron chi connectivity index (χ4n) is 2.07. The zero-order chi connectivity index (χ0) is 16.3. The molecule has 1 N–H and O–H groups in total. The van der Waals surface area contributed by atoms with E-state index in [1.807, 2.05) is 0 Å². The maximum Gasteiger partial charge on any atom is 0.131 e. The molecule has 0 aliphatic rings. The van der Waals surface area contributed by atoms with Crippen molar-refractivity contribution in [2.24, 2.45) is 0 Å². The van der Waals surface area contributed by atoms with Crippen molar-refractivity contribution in [3.63, 3.8) is 0 Å². The Morgan fingerprint density at radius 2 is 1.68 bits per heavy atom. The smallest absolute Gasteiger partial charge is 0.131 e. The molecule has 0 saturated heterocycles. The summed E-state index contributed by atoms with van der Waals surface area (Å²) in [6.07, 6.45) is 2.52. The molecule has 112 valence electrons. The number of rotatable bonds is 4. The average molecular weight is 298 g/mol. The van der Waals surface area contributed by atoms with E-state index in [1.165, 1.54) is 12.1 Å². The molecule has 0 bridgehead atoms. The van der Waals surface area contributed by atoms with Crippen LogP contribution < -0.4 is 0 Å². The van der Waals surface area contributed by atoms with Gasteiger partial charge in [0.15, 0.2) is 0 Å². The molecule has 1 nitrogen and oxygen atoms in total. The van der Waals surface area contributed by atoms with Gasteiger partial charge in [-0.15, -0.1) is 0 Å². The summed E-state index contributed by atoms with van der Waals surface area (Å²) in [5.41, 5.74) is 2.88. The van der Waals surface area contributed by atoms with Gasteiger partial charge in [-0.1, -0.05) is 37.4 Å². The Hall–Kier alpha value is -2.68. The maximum atomic E-state index is 14.2. The van der Waals surface area contributed by atoms with E-state index in [4.69, 9.17) is 0 Å². The largest absolute Gasteiger partial charge is 0.508 e. The summed E-state index contributed by atoms with van der Waals surface area (Å²) in [6.45, 7) is 8.60. The molecule has 22 heavy (non-hydrogen) atoms. The molecular weight excluding hydrogens is 282 g/mol. The number of benzene rings is 2. The summed E-state index contributed by atoms with van der Waals surface area (Å²) in [5.74, 6) is -0.856. The van der Waals surface area contributed by atoms with Gasteiger partial charge in [-0.25, -0.2) is 8.78 Å². The molecular formula is C19H16F2O. The highest BCUT2D eigenvalue weighted by Crippen LogP contribution is 2.28. The highest BCUT2D eigenvalue weighted by Gasteiger charge is 2.08. The van der Waals surface area contributed by atoms with Crippen LogP contribution in [-0.2, 0) is 0 Å². The van der Waals surface area contributed by atoms with E-state index in [1.54, 1.807) is 37.3 Å². The summed E-state index contributed by atoms with van der Waals surface area (Å²) >= 11 is 0. The van der Waals surface area contributed by atoms with Crippen molar-refractivity contribution < 1.29 is 13.9 Å². The van der Waals surface area contributed by atoms with E-state index in [9.17, 15) is 13.9 Å². The van der Waals surface area contributed by atoms with Crippen molar-refractivity contribution in [3.8, 4) is 16.9 Å². The van der Waals surface area contributed by atoms with Gasteiger partial charge < -0.3 is 5.11 Å². The third-order valence-corrected chi connectivity index (χ3v) is 3.31. The summed E-state index contributed by atoms with van der Waals surface area (Å²) in [7, 11) is 0. The Balaban J connectivity index is 2.35. The van der Waals surface area contributed by atoms with Gasteiger partial charge in [0.1, 0.15) is 17.4 Å². The standard InChI is InChI=1S/C19H16F2O/c1-12(4-5-14(3)20)17-8-6-16(11-18(17)21)15-7-9-19(22)13(2)10-15/h4-11,22H,1,3H2,2H3/b5-4-. The Morgan fingerprint density at radius 1 is 1.05 bits per heavy atom. The number of aryl methyl sites for hydroxylation is 1. The van der Waals surface area contributed by atoms with Gasteiger partial charge >= 0.3 is 0 Å². The zero-order valence-electron chi connectivity index (χ0n) is 12.2. The van der Waals surface area contributed by atoms with Crippen molar-refractivity contribution >= 4 is 5.57 Å². The summed E-state index contributed by atoms with van der Waals surface area (Å²) < 4.78 is 26.8. The molecule has 2 rings (SSSR count). The van der Waals surface area contributed by atoms with Crippen molar-refractivity contribution in [2.45, 2.75) is 6.92 Å². The van der Waals surface area contributed by atoms with Gasteiger partial charge in [0.05, 0.1) is 0 Å². The number of hydrogen-bond acceptors (Lipinski definition) is 1. The van der Waals surface area contributed by atoms with Crippen LogP contribution >= 0.6 is 0 Å². The summed E-state index contributed by atoms with van der Waals surface area (Å²) in [4.78, 5) is 0. The van der Waals surface area contributed by atoms with Crippen LogP contribution in [0.4, 0.5) is 8.78 Å². The van der Waals surface area contributed by atoms with E-state index in [-0.39, 0.29) is 5.75 Å². The monoisotopic (exact) mass is 298 g/mol. The van der Waals surface area contributed by atoms with E-state index in [0.29, 0.717) is 16.7 Å². The van der Waals surface area contributed by atoms with Gasteiger partial charge in [-0.05, 0) is 53.5 Å². The van der Waals surface area contributed by atoms with Crippen LogP contribution in [0.3, 0.4) is 0 Å². The third kappa shape index (κ3) is 3.50. The molecule has 0 unspecified atom stereocenters. The minimum absolute atomic E-state index is 0.200. The average Bonchev–Trinajstić information content (AvgIpc) is 2.47. The fourth-order valence-corrected chi connectivity index (χ4v) is 2.07. The summed E-state index contributed by atoms with van der Waals surface area (Å²) in [5, 5.41) is 9.53. The minimum Gasteiger partial charge on any atom is -0.508 e. The normalized spacial score (nSPS) is 10.9. The van der Waals surface area contributed by atoms with Crippen LogP contribution in [0.25, 0.3) is 16.7 Å². The molecule has 0 radical (unpaired) electrons. The predicted octanol–water partition coefficient (Wildman–Crippen LogP) is 5.56. The van der Waals surface area contributed by atoms with Crippen LogP contribution in [0, 0.1) is 12.7 Å². The molecule has 0 spiro atoms. The van der Waals surface area contributed by atoms with Crippen LogP contribution in [0.15, 0.2) is 67.5 Å². The molecule has 0 aromatic heterocycles. The van der Waals surface area contributed by atoms with Gasteiger partial charge in [-0.2, -0.15) is 0 Å². The molecule has 0 saturated carbocycles. The quantitative estimate of drug-likeness (QED) is 0.733. The second-order valence-corrected chi connectivity index (χ2v) is 5.00. The van der Waals surface area contributed by atoms with Gasteiger partial charge in [0.25, 0.3) is 0 Å². The molecule has 3 heteroatoms. The first-order valence-corrected chi connectivity index (χ1v) is 6.70. The lowest BCUT2D eigenvalue weighted by Crippen LogP contribution is -1.89. The first-order valence-electron chi connectivity index (χ1n) is 6.70. The lowest BCUT2D eigenvalue weighted by molar-refractivity contribution is 0.471. The second kappa shape index (κ2) is 6.39. The van der Waals surface area contributed by atoms with Crippen molar-refractivity contribution in [1.29, 1.82) is 0 Å². The van der Waals surface area contributed by atoms with Crippen LogP contribution in [0.1, 0.15) is 11.1 Å². The molecule has 0 aliphatic carbocycles. The van der Waals surface area contributed by atoms with E-state index < -0.39 is 11.6 Å². The SMILES string of the molecule is C=C(F)/C=C\C(=C)c1ccc(-c2ccc(O)c(C)c2)cc1F. The highest BCUT2D eigenvalue weighted by molar-refractivity contribution is 5.75. The second-order valence-electron chi connectivity index (χ2n) is 5.00. The van der Waals surface area contributed by atoms with Gasteiger partial charge in [-0.3, -0.25) is 0 Å². The first kappa shape index (κ1) is 15.7. The number of hydrogen-bond donors (Lipinski definition) is 1. The van der Waals surface area contributed by atoms with E-state index >= 15 is 0 Å². The molecule has 0 fully saturated rings. The number of phenols is 1. The van der Waals surface area contributed by atoms with Crippen LogP contribution in [0.2, 0.25) is 0 Å². The predicted molar refractivity (Wildman–Crippen MR) is 86.7 cm³/mol. The van der Waals surface area contributed by atoms with Crippen molar-refractivity contribution in [1.82, 2.24) is 0 Å². The summed E-state index contributed by atoms with van der Waals surface area (Å²) in [6, 6.07) is 9.83. The Bertz CT molecular complexity index is 773. The number of halogens is 2. The maximum absolute atomic E-state index is 14.2. The first-order chi connectivity index (χ1) is 10.4. The molecule has 0 aliphatic heterocycles. The molecule has 2 aromatic carbocycles. The lowest BCUT2D eigenvalue weighted by Gasteiger charge is -2.08. The third-order valence-electron chi connectivity index (χ3n) is 3.31. The molecule has 0 atom stereocenters. The molecule has 2 aromatic rings. The minimum atomic E-state index is -0.613. The zero-order valence-corrected chi connectivity index (χ0v) is 12.2. The Labute approximate surface area is 128 Å². The number of aromatic hydroxyl groups is 1. The van der Waals surface area contributed by atoms with E-state index in [2.05, 4.69) is 13.2 Å². The Morgan fingerprint density at radius 3 is 2.27 bits per heavy atom. The van der Waals surface area contributed by atoms with E-state index in [0.717, 1.165) is 17.2 Å². The van der Waals surface area contributed by atoms with Crippen molar-refractivity contribution in [3.05, 3.63) is 84.5 Å². The lowest BCUT2D eigenvalue weighted by atomic mass is 9.99. The van der Waals surface area contributed by atoms with Crippen molar-refractivity contribution in [2.75, 3.05) is 0 Å². The van der Waals surface area contributed by atoms with Crippen LogP contribution in [0.5, 0.6) is 5.75 Å². The highest BCUT2D eigenvalue weighted by atomic mass is 19.1.